The molecule has 0 N–H and O–H groups in total. The second-order valence-corrected chi connectivity index (χ2v) is 12.3. The number of rotatable bonds is 3. The van der Waals surface area contributed by atoms with Crippen LogP contribution in [0.3, 0.4) is 0 Å². The third kappa shape index (κ3) is 3.67. The lowest BCUT2D eigenvalue weighted by molar-refractivity contribution is 0.670. The van der Waals surface area contributed by atoms with Crippen molar-refractivity contribution in [3.8, 4) is 34.6 Å². The molecular formula is C44H24N4O. The van der Waals surface area contributed by atoms with Gasteiger partial charge in [-0.2, -0.15) is 10.5 Å². The van der Waals surface area contributed by atoms with E-state index >= 15 is 0 Å². The van der Waals surface area contributed by atoms with E-state index in [2.05, 4.69) is 81.9 Å². The standard InChI is InChI=1S/C44H24N4O/c45-25-27-24-40(47-36-19-6-1-12-28(36)29-13-2-7-20-37(29)47)42(34-18-11-17-33-32-16-5-10-23-41(32)49-44(33)34)35(26-46)43(27)48-38-21-8-3-14-30(38)31-15-4-9-22-39(31)48/h1-24H. The second-order valence-electron chi connectivity index (χ2n) is 12.3. The molecule has 0 bridgehead atoms. The third-order valence-corrected chi connectivity index (χ3v) is 9.81. The minimum absolute atomic E-state index is 0.398. The van der Waals surface area contributed by atoms with Gasteiger partial charge >= 0.3 is 0 Å². The van der Waals surface area contributed by atoms with Gasteiger partial charge in [0.1, 0.15) is 23.3 Å². The molecule has 7 aromatic carbocycles. The summed E-state index contributed by atoms with van der Waals surface area (Å²) >= 11 is 0. The van der Waals surface area contributed by atoms with E-state index in [-0.39, 0.29) is 0 Å². The smallest absolute Gasteiger partial charge is 0.143 e. The number of para-hydroxylation sites is 6. The summed E-state index contributed by atoms with van der Waals surface area (Å²) in [6.07, 6.45) is 0. The normalized spacial score (nSPS) is 11.6. The molecule has 0 saturated heterocycles. The molecule has 3 aromatic heterocycles. The second kappa shape index (κ2) is 10.2. The highest BCUT2D eigenvalue weighted by Gasteiger charge is 2.28. The lowest BCUT2D eigenvalue weighted by Gasteiger charge is -2.21. The van der Waals surface area contributed by atoms with Crippen LogP contribution in [0.4, 0.5) is 0 Å². The summed E-state index contributed by atoms with van der Waals surface area (Å²) in [5.74, 6) is 0. The van der Waals surface area contributed by atoms with Gasteiger partial charge < -0.3 is 13.6 Å². The molecule has 5 heteroatoms. The molecule has 226 valence electrons. The summed E-state index contributed by atoms with van der Waals surface area (Å²) in [6.45, 7) is 0. The average Bonchev–Trinajstić information content (AvgIpc) is 3.82. The van der Waals surface area contributed by atoms with Crippen molar-refractivity contribution in [1.82, 2.24) is 9.13 Å². The van der Waals surface area contributed by atoms with Crippen LogP contribution in [0.1, 0.15) is 11.1 Å². The van der Waals surface area contributed by atoms with Crippen LogP contribution in [0, 0.1) is 22.7 Å². The number of nitriles is 2. The minimum atomic E-state index is 0.398. The van der Waals surface area contributed by atoms with E-state index in [1.807, 2.05) is 84.9 Å². The Kier molecular flexibility index (Phi) is 5.64. The molecule has 49 heavy (non-hydrogen) atoms. The van der Waals surface area contributed by atoms with Gasteiger partial charge in [0, 0.05) is 43.4 Å². The largest absolute Gasteiger partial charge is 0.455 e. The van der Waals surface area contributed by atoms with Crippen LogP contribution >= 0.6 is 0 Å². The van der Waals surface area contributed by atoms with Crippen molar-refractivity contribution in [2.45, 2.75) is 0 Å². The van der Waals surface area contributed by atoms with Crippen LogP contribution in [-0.2, 0) is 0 Å². The lowest BCUT2D eigenvalue weighted by Crippen LogP contribution is -2.08. The van der Waals surface area contributed by atoms with Gasteiger partial charge in [0.05, 0.1) is 44.6 Å². The molecule has 0 saturated carbocycles. The molecule has 0 radical (unpaired) electrons. The van der Waals surface area contributed by atoms with Gasteiger partial charge in [0.2, 0.25) is 0 Å². The van der Waals surface area contributed by atoms with Gasteiger partial charge in [-0.15, -0.1) is 0 Å². The fourth-order valence-electron chi connectivity index (χ4n) is 7.82. The van der Waals surface area contributed by atoms with Crippen molar-refractivity contribution in [3.63, 3.8) is 0 Å². The fourth-order valence-corrected chi connectivity index (χ4v) is 7.82. The van der Waals surface area contributed by atoms with Gasteiger partial charge in [-0.05, 0) is 36.4 Å². The van der Waals surface area contributed by atoms with E-state index in [1.54, 1.807) is 0 Å². The monoisotopic (exact) mass is 624 g/mol. The summed E-state index contributed by atoms with van der Waals surface area (Å²) in [6, 6.07) is 54.1. The maximum atomic E-state index is 11.4. The zero-order chi connectivity index (χ0) is 32.6. The molecule has 3 heterocycles. The molecule has 0 aliphatic heterocycles. The zero-order valence-electron chi connectivity index (χ0n) is 26.1. The first-order valence-electron chi connectivity index (χ1n) is 16.2. The summed E-state index contributed by atoms with van der Waals surface area (Å²) < 4.78 is 10.9. The van der Waals surface area contributed by atoms with Crippen LogP contribution in [0.25, 0.3) is 88.1 Å². The first kappa shape index (κ1) is 27.1. The molecule has 10 rings (SSSR count). The quantitative estimate of drug-likeness (QED) is 0.196. The summed E-state index contributed by atoms with van der Waals surface area (Å²) in [4.78, 5) is 0. The van der Waals surface area contributed by atoms with Gasteiger partial charge in [0.25, 0.3) is 0 Å². The highest BCUT2D eigenvalue weighted by Crippen LogP contribution is 2.46. The summed E-state index contributed by atoms with van der Waals surface area (Å²) in [5.41, 5.74) is 8.87. The number of nitrogens with zero attached hydrogens (tertiary/aromatic N) is 4. The third-order valence-electron chi connectivity index (χ3n) is 9.81. The molecule has 0 unspecified atom stereocenters. The number of hydrogen-bond acceptors (Lipinski definition) is 3. The van der Waals surface area contributed by atoms with Crippen molar-refractivity contribution in [2.24, 2.45) is 0 Å². The SMILES string of the molecule is N#Cc1cc(-n2c3ccccc3c3ccccc32)c(-c2cccc3c2oc2ccccc23)c(C#N)c1-n1c2ccccc2c2ccccc21. The molecular weight excluding hydrogens is 601 g/mol. The highest BCUT2D eigenvalue weighted by atomic mass is 16.3. The van der Waals surface area contributed by atoms with Crippen LogP contribution in [0.15, 0.2) is 150 Å². The topological polar surface area (TPSA) is 70.6 Å². The first-order valence-corrected chi connectivity index (χ1v) is 16.2. The van der Waals surface area contributed by atoms with Crippen LogP contribution in [0.2, 0.25) is 0 Å². The maximum absolute atomic E-state index is 11.4. The predicted octanol–water partition coefficient (Wildman–Crippen LogP) is 11.2. The molecule has 0 spiro atoms. The number of aromatic nitrogens is 2. The molecule has 0 atom stereocenters. The van der Waals surface area contributed by atoms with E-state index in [9.17, 15) is 10.5 Å². The number of fused-ring (bicyclic) bond motifs is 9. The Morgan fingerprint density at radius 3 is 1.51 bits per heavy atom. The van der Waals surface area contributed by atoms with E-state index in [1.165, 1.54) is 0 Å². The van der Waals surface area contributed by atoms with Gasteiger partial charge in [-0.1, -0.05) is 109 Å². The molecule has 10 aromatic rings. The Labute approximate surface area is 280 Å². The van der Waals surface area contributed by atoms with Gasteiger partial charge in [0.15, 0.2) is 0 Å². The van der Waals surface area contributed by atoms with Crippen molar-refractivity contribution in [1.29, 1.82) is 10.5 Å². The van der Waals surface area contributed by atoms with Crippen molar-refractivity contribution in [2.75, 3.05) is 0 Å². The van der Waals surface area contributed by atoms with Crippen molar-refractivity contribution in [3.05, 3.63) is 157 Å². The number of hydrogen-bond donors (Lipinski definition) is 0. The molecule has 0 fully saturated rings. The van der Waals surface area contributed by atoms with Crippen molar-refractivity contribution >= 4 is 65.6 Å². The molecule has 0 aliphatic rings. The Hall–Kier alpha value is -7.08. The average molecular weight is 625 g/mol. The van der Waals surface area contributed by atoms with Crippen molar-refractivity contribution < 1.29 is 4.42 Å². The van der Waals surface area contributed by atoms with Crippen LogP contribution in [-0.4, -0.2) is 9.13 Å². The Morgan fingerprint density at radius 2 is 0.959 bits per heavy atom. The number of furan rings is 1. The van der Waals surface area contributed by atoms with Gasteiger partial charge in [-0.3, -0.25) is 0 Å². The fraction of sp³-hybridized carbons (Fsp3) is 0. The van der Waals surface area contributed by atoms with E-state index in [0.29, 0.717) is 28.0 Å². The lowest BCUT2D eigenvalue weighted by atomic mass is 9.92. The summed E-state index contributed by atoms with van der Waals surface area (Å²) in [7, 11) is 0. The maximum Gasteiger partial charge on any atom is 0.143 e. The highest BCUT2D eigenvalue weighted by molar-refractivity contribution is 6.14. The molecule has 0 aliphatic carbocycles. The van der Waals surface area contributed by atoms with Crippen LogP contribution in [0.5, 0.6) is 0 Å². The van der Waals surface area contributed by atoms with E-state index < -0.39 is 0 Å². The van der Waals surface area contributed by atoms with Crippen LogP contribution < -0.4 is 0 Å². The number of benzene rings is 7. The van der Waals surface area contributed by atoms with E-state index in [0.717, 1.165) is 71.2 Å². The summed E-state index contributed by atoms with van der Waals surface area (Å²) in [5, 5.41) is 28.6. The molecule has 0 amide bonds. The Balaban J connectivity index is 1.45. The Bertz CT molecular complexity index is 2980. The zero-order valence-corrected chi connectivity index (χ0v) is 26.1. The molecule has 5 nitrogen and oxygen atoms in total. The van der Waals surface area contributed by atoms with Gasteiger partial charge in [-0.25, -0.2) is 0 Å². The minimum Gasteiger partial charge on any atom is -0.455 e. The Morgan fingerprint density at radius 1 is 0.469 bits per heavy atom. The first-order chi connectivity index (χ1) is 24.3. The predicted molar refractivity (Wildman–Crippen MR) is 197 cm³/mol. The van der Waals surface area contributed by atoms with E-state index in [4.69, 9.17) is 4.42 Å².